The van der Waals surface area contributed by atoms with Crippen LogP contribution in [0.1, 0.15) is 61.5 Å². The minimum Gasteiger partial charge on any atom is -0.379 e. The van der Waals surface area contributed by atoms with Crippen LogP contribution in [0, 0.1) is 5.41 Å². The number of nitrogen functional groups attached to an aromatic ring is 1. The Hall–Kier alpha value is -7.00. The molecular formula is C34H46N14O8. The van der Waals surface area contributed by atoms with E-state index in [1.807, 2.05) is 0 Å². The molecule has 3 aromatic rings. The lowest BCUT2D eigenvalue weighted by molar-refractivity contribution is -0.134. The number of rotatable bonds is 22. The molecule has 13 N–H and O–H groups in total. The molecule has 22 heteroatoms. The number of nitrogens with two attached hydrogens (primary N) is 2. The van der Waals surface area contributed by atoms with Gasteiger partial charge in [0.1, 0.15) is 30.7 Å². The molecule has 0 unspecified atom stereocenters. The number of nitrogens with one attached hydrogen (secondary N) is 9. The third kappa shape index (κ3) is 13.4. The molecule has 2 aromatic heterocycles. The van der Waals surface area contributed by atoms with E-state index in [9.17, 15) is 38.4 Å². The van der Waals surface area contributed by atoms with Crippen molar-refractivity contribution in [3.8, 4) is 0 Å². The standard InChI is InChI=1S/C34H46N14O8/c1-3-22(29(53)38-2)45-30(54)23(5-4-13-39-33(35)36)46-31(55)24(12-14-49)44-25(51)11-10-20(17-50)43-28(52)18-6-8-19(9-7-18)40-15-21-16-41-27-26(42-21)32(56)48-34(37)47-27/h6-9,14,16-17,20,22-24,40H,3-5,10-13,15H2,1-2H3,(H,38,53)(H,43,52)(H,44,51)(H,45,54)(H,46,55)(H4,35,36,39)(H3,37,41,47,48,56)/t20-,22-,23-,24-/m0/s1. The van der Waals surface area contributed by atoms with Crippen molar-refractivity contribution in [3.05, 3.63) is 52.1 Å². The molecule has 56 heavy (non-hydrogen) atoms. The van der Waals surface area contributed by atoms with E-state index in [0.29, 0.717) is 24.0 Å². The average molecular weight is 779 g/mol. The number of hydrogen-bond acceptors (Lipinski definition) is 14. The van der Waals surface area contributed by atoms with Gasteiger partial charge >= 0.3 is 0 Å². The van der Waals surface area contributed by atoms with Crippen LogP contribution in [0.4, 0.5) is 11.6 Å². The number of anilines is 2. The molecule has 0 aliphatic carbocycles. The quantitative estimate of drug-likeness (QED) is 0.0216. The number of hydrogen-bond donors (Lipinski definition) is 11. The molecule has 0 saturated carbocycles. The van der Waals surface area contributed by atoms with E-state index >= 15 is 0 Å². The molecular weight excluding hydrogens is 732 g/mol. The van der Waals surface area contributed by atoms with E-state index in [0.717, 1.165) is 0 Å². The van der Waals surface area contributed by atoms with Crippen molar-refractivity contribution < 1.29 is 33.6 Å². The van der Waals surface area contributed by atoms with E-state index in [1.54, 1.807) is 19.1 Å². The predicted octanol–water partition coefficient (Wildman–Crippen LogP) is -2.55. The molecule has 300 valence electrons. The van der Waals surface area contributed by atoms with Gasteiger partial charge in [-0.2, -0.15) is 4.98 Å². The Kier molecular flexibility index (Phi) is 16.8. The Morgan fingerprint density at radius 3 is 2.27 bits per heavy atom. The van der Waals surface area contributed by atoms with Gasteiger partial charge in [0.15, 0.2) is 17.1 Å². The Morgan fingerprint density at radius 2 is 1.62 bits per heavy atom. The smallest absolute Gasteiger partial charge is 0.280 e. The molecule has 0 saturated heterocycles. The van der Waals surface area contributed by atoms with Gasteiger partial charge in [-0.15, -0.1) is 0 Å². The molecule has 4 atom stereocenters. The summed E-state index contributed by atoms with van der Waals surface area (Å²) in [6, 6.07) is 1.72. The number of likely N-dealkylation sites (N-methyl/N-ethyl adjacent to an activating group) is 1. The van der Waals surface area contributed by atoms with Crippen LogP contribution in [-0.2, 0) is 35.3 Å². The zero-order valence-electron chi connectivity index (χ0n) is 30.8. The van der Waals surface area contributed by atoms with Crippen molar-refractivity contribution in [3.63, 3.8) is 0 Å². The van der Waals surface area contributed by atoms with Crippen molar-refractivity contribution in [1.82, 2.24) is 51.8 Å². The fourth-order valence-corrected chi connectivity index (χ4v) is 5.16. The van der Waals surface area contributed by atoms with Crippen molar-refractivity contribution in [2.45, 2.75) is 76.2 Å². The van der Waals surface area contributed by atoms with Crippen molar-refractivity contribution in [1.29, 1.82) is 5.41 Å². The highest BCUT2D eigenvalue weighted by Gasteiger charge is 2.29. The van der Waals surface area contributed by atoms with Gasteiger partial charge in [-0.1, -0.05) is 6.92 Å². The Labute approximate surface area is 320 Å². The number of guanidine groups is 1. The second kappa shape index (κ2) is 21.6. The van der Waals surface area contributed by atoms with Gasteiger partial charge < -0.3 is 58.3 Å². The zero-order valence-corrected chi connectivity index (χ0v) is 30.8. The van der Waals surface area contributed by atoms with E-state index in [2.05, 4.69) is 57.2 Å². The minimum atomic E-state index is -1.38. The van der Waals surface area contributed by atoms with Gasteiger partial charge in [0.25, 0.3) is 11.5 Å². The van der Waals surface area contributed by atoms with Gasteiger partial charge in [0.2, 0.25) is 29.6 Å². The van der Waals surface area contributed by atoms with E-state index in [4.69, 9.17) is 16.9 Å². The summed E-state index contributed by atoms with van der Waals surface area (Å²) in [6.45, 7) is 2.08. The monoisotopic (exact) mass is 778 g/mol. The molecule has 1 aromatic carbocycles. The lowest BCUT2D eigenvalue weighted by Gasteiger charge is -2.24. The topological polar surface area (TPSA) is 351 Å². The first kappa shape index (κ1) is 43.4. The average Bonchev–Trinajstić information content (AvgIpc) is 3.18. The number of benzene rings is 1. The summed E-state index contributed by atoms with van der Waals surface area (Å²) in [5.74, 6) is -3.63. The van der Waals surface area contributed by atoms with E-state index in [-0.39, 0.29) is 73.8 Å². The highest BCUT2D eigenvalue weighted by molar-refractivity contribution is 5.96. The Bertz CT molecular complexity index is 1960. The van der Waals surface area contributed by atoms with E-state index < -0.39 is 65.7 Å². The van der Waals surface area contributed by atoms with Gasteiger partial charge in [-0.25, -0.2) is 9.97 Å². The number of H-pyrrole nitrogens is 1. The van der Waals surface area contributed by atoms with Crippen molar-refractivity contribution >= 4 is 70.9 Å². The van der Waals surface area contributed by atoms with Crippen LogP contribution >= 0.6 is 0 Å². The summed E-state index contributed by atoms with van der Waals surface area (Å²) >= 11 is 0. The molecule has 0 fully saturated rings. The summed E-state index contributed by atoms with van der Waals surface area (Å²) in [5.41, 5.74) is 11.7. The van der Waals surface area contributed by atoms with Crippen LogP contribution in [-0.4, -0.2) is 106 Å². The van der Waals surface area contributed by atoms with Gasteiger partial charge in [0.05, 0.1) is 24.5 Å². The molecule has 2 heterocycles. The number of aromatic amines is 1. The number of nitrogens with zero attached hydrogens (tertiary/aromatic N) is 3. The molecule has 5 amide bonds. The Morgan fingerprint density at radius 1 is 0.929 bits per heavy atom. The largest absolute Gasteiger partial charge is 0.379 e. The van der Waals surface area contributed by atoms with Crippen LogP contribution in [0.25, 0.3) is 11.2 Å². The zero-order chi connectivity index (χ0) is 41.2. The SMILES string of the molecule is CC[C@H](NC(=O)[C@H](CCCNC(=N)N)NC(=O)[C@H](CC=O)NC(=O)CC[C@@H](C=O)NC(=O)c1ccc(NCc2cnc3nc(N)[nH]c(=O)c3n2)cc1)C(=O)NC. The number of fused-ring (bicyclic) bond motifs is 1. The van der Waals surface area contributed by atoms with Crippen LogP contribution in [0.2, 0.25) is 0 Å². The van der Waals surface area contributed by atoms with Crippen molar-refractivity contribution in [2.24, 2.45) is 5.73 Å². The number of aldehydes is 2. The molecule has 22 nitrogen and oxygen atoms in total. The third-order valence-corrected chi connectivity index (χ3v) is 8.16. The fraction of sp³-hybridized carbons (Fsp3) is 0.412. The van der Waals surface area contributed by atoms with Crippen LogP contribution in [0.5, 0.6) is 0 Å². The second-order valence-corrected chi connectivity index (χ2v) is 12.3. The highest BCUT2D eigenvalue weighted by Crippen LogP contribution is 2.12. The maximum atomic E-state index is 13.2. The summed E-state index contributed by atoms with van der Waals surface area (Å²) in [6.07, 6.45) is 2.03. The lowest BCUT2D eigenvalue weighted by Crippen LogP contribution is -2.56. The van der Waals surface area contributed by atoms with Crippen molar-refractivity contribution in [2.75, 3.05) is 24.6 Å². The summed E-state index contributed by atoms with van der Waals surface area (Å²) < 4.78 is 0. The molecule has 0 radical (unpaired) electrons. The first-order valence-electron chi connectivity index (χ1n) is 17.5. The first-order chi connectivity index (χ1) is 26.8. The minimum absolute atomic E-state index is 0.0303. The number of carbonyl (C=O) groups is 7. The molecule has 0 spiro atoms. The van der Waals surface area contributed by atoms with Crippen LogP contribution in [0.3, 0.4) is 0 Å². The highest BCUT2D eigenvalue weighted by atomic mass is 16.2. The molecule has 0 bridgehead atoms. The molecule has 0 aliphatic rings. The van der Waals surface area contributed by atoms with E-state index in [1.165, 1.54) is 25.4 Å². The maximum absolute atomic E-state index is 13.2. The van der Waals surface area contributed by atoms with Gasteiger partial charge in [0, 0.05) is 37.7 Å². The second-order valence-electron chi connectivity index (χ2n) is 12.3. The Balaban J connectivity index is 1.54. The summed E-state index contributed by atoms with van der Waals surface area (Å²) in [7, 11) is 1.41. The first-order valence-corrected chi connectivity index (χ1v) is 17.5. The molecule has 0 aliphatic heterocycles. The maximum Gasteiger partial charge on any atom is 0.280 e. The normalized spacial score (nSPS) is 12.8. The predicted molar refractivity (Wildman–Crippen MR) is 203 cm³/mol. The number of amides is 5. The van der Waals surface area contributed by atoms with Gasteiger partial charge in [-0.05, 0) is 49.9 Å². The summed E-state index contributed by atoms with van der Waals surface area (Å²) in [4.78, 5) is 114. The van der Waals surface area contributed by atoms with Crippen LogP contribution < -0.4 is 54.2 Å². The lowest BCUT2D eigenvalue weighted by atomic mass is 10.1. The van der Waals surface area contributed by atoms with Crippen LogP contribution in [0.15, 0.2) is 35.3 Å². The number of carbonyl (C=O) groups excluding carboxylic acids is 7. The molecule has 3 rings (SSSR count). The summed E-state index contributed by atoms with van der Waals surface area (Å²) in [5, 5.41) is 25.5. The fourth-order valence-electron chi connectivity index (χ4n) is 5.16. The van der Waals surface area contributed by atoms with Gasteiger partial charge in [-0.3, -0.25) is 39.2 Å². The number of aromatic nitrogens is 4. The third-order valence-electron chi connectivity index (χ3n) is 8.16.